The first kappa shape index (κ1) is 13.0. The summed E-state index contributed by atoms with van der Waals surface area (Å²) < 4.78 is 5.72. The topological polar surface area (TPSA) is 68.5 Å². The lowest BCUT2D eigenvalue weighted by atomic mass is 10.1. The highest BCUT2D eigenvalue weighted by atomic mass is 32.1. The van der Waals surface area contributed by atoms with Gasteiger partial charge in [-0.2, -0.15) is 0 Å². The monoisotopic (exact) mass is 281 g/mol. The van der Waals surface area contributed by atoms with E-state index < -0.39 is 0 Å². The largest absolute Gasteiger partial charge is 0.367 e. The molecule has 0 radical (unpaired) electrons. The summed E-state index contributed by atoms with van der Waals surface area (Å²) in [6.07, 6.45) is 4.45. The second-order valence-electron chi connectivity index (χ2n) is 5.28. The van der Waals surface area contributed by atoms with Crippen molar-refractivity contribution in [2.75, 3.05) is 19.7 Å². The average molecular weight is 281 g/mol. The molecule has 104 valence electrons. The van der Waals surface area contributed by atoms with Gasteiger partial charge in [0.25, 0.3) is 0 Å². The van der Waals surface area contributed by atoms with Crippen LogP contribution < -0.4 is 5.73 Å². The van der Waals surface area contributed by atoms with Gasteiger partial charge in [0.15, 0.2) is 0 Å². The Kier molecular flexibility index (Phi) is 3.81. The molecule has 1 amide bonds. The summed E-state index contributed by atoms with van der Waals surface area (Å²) in [4.78, 5) is 18.7. The third kappa shape index (κ3) is 2.80. The van der Waals surface area contributed by atoms with Gasteiger partial charge in [-0.1, -0.05) is 0 Å². The van der Waals surface area contributed by atoms with Crippen molar-refractivity contribution >= 4 is 17.2 Å². The highest BCUT2D eigenvalue weighted by Crippen LogP contribution is 2.29. The van der Waals surface area contributed by atoms with Crippen LogP contribution in [0.15, 0.2) is 11.6 Å². The molecule has 0 bridgehead atoms. The molecule has 1 aromatic heterocycles. The van der Waals surface area contributed by atoms with Crippen molar-refractivity contribution in [1.82, 2.24) is 9.88 Å². The van der Waals surface area contributed by atoms with Crippen molar-refractivity contribution in [3.8, 4) is 0 Å². The molecule has 3 atom stereocenters. The molecule has 5 nitrogen and oxygen atoms in total. The summed E-state index contributed by atoms with van der Waals surface area (Å²) in [5, 5.41) is 2.90. The van der Waals surface area contributed by atoms with Crippen LogP contribution in [0.1, 0.15) is 30.4 Å². The third-order valence-corrected chi connectivity index (χ3v) is 4.80. The fraction of sp³-hybridized carbons (Fsp3) is 0.692. The zero-order chi connectivity index (χ0) is 13.2. The van der Waals surface area contributed by atoms with E-state index in [0.717, 1.165) is 24.3 Å². The number of nitrogens with two attached hydrogens (primary N) is 1. The summed E-state index contributed by atoms with van der Waals surface area (Å²) in [7, 11) is 0. The summed E-state index contributed by atoms with van der Waals surface area (Å²) in [6.45, 7) is 1.90. The summed E-state index contributed by atoms with van der Waals surface area (Å²) >= 11 is 1.58. The van der Waals surface area contributed by atoms with Crippen LogP contribution in [0.2, 0.25) is 0 Å². The maximum atomic E-state index is 12.5. The van der Waals surface area contributed by atoms with Gasteiger partial charge in [0.2, 0.25) is 5.91 Å². The van der Waals surface area contributed by atoms with Crippen LogP contribution in [0.3, 0.4) is 0 Å². The number of hydrogen-bond donors (Lipinski definition) is 1. The molecule has 19 heavy (non-hydrogen) atoms. The normalized spacial score (nSPS) is 31.6. The molecule has 1 aliphatic carbocycles. The zero-order valence-electron chi connectivity index (χ0n) is 10.8. The molecular formula is C13H19N3O2S. The number of ether oxygens (including phenoxy) is 1. The van der Waals surface area contributed by atoms with E-state index in [0.29, 0.717) is 19.7 Å². The Labute approximate surface area is 116 Å². The van der Waals surface area contributed by atoms with Crippen molar-refractivity contribution in [2.24, 2.45) is 11.7 Å². The van der Waals surface area contributed by atoms with Gasteiger partial charge < -0.3 is 15.4 Å². The number of carbonyl (C=O) groups excluding carboxylic acids is 1. The number of rotatable bonds is 2. The molecule has 6 heteroatoms. The lowest BCUT2D eigenvalue weighted by Crippen LogP contribution is -2.44. The SMILES string of the molecule is N[C@@H]1CC[C@H](C(=O)N2CCO[C@@H](c3nccs3)C2)C1. The molecular weight excluding hydrogens is 262 g/mol. The Morgan fingerprint density at radius 1 is 1.53 bits per heavy atom. The lowest BCUT2D eigenvalue weighted by molar-refractivity contribution is -0.143. The van der Waals surface area contributed by atoms with Gasteiger partial charge in [-0.15, -0.1) is 11.3 Å². The Morgan fingerprint density at radius 2 is 2.42 bits per heavy atom. The van der Waals surface area contributed by atoms with E-state index in [1.165, 1.54) is 0 Å². The number of aromatic nitrogens is 1. The Balaban J connectivity index is 1.63. The second-order valence-corrected chi connectivity index (χ2v) is 6.21. The van der Waals surface area contributed by atoms with Crippen LogP contribution >= 0.6 is 11.3 Å². The van der Waals surface area contributed by atoms with E-state index in [1.54, 1.807) is 17.5 Å². The molecule has 0 unspecified atom stereocenters. The van der Waals surface area contributed by atoms with E-state index in [-0.39, 0.29) is 24.0 Å². The van der Waals surface area contributed by atoms with Crippen LogP contribution in [0, 0.1) is 5.92 Å². The number of morpholine rings is 1. The molecule has 3 rings (SSSR count). The van der Waals surface area contributed by atoms with E-state index in [4.69, 9.17) is 10.5 Å². The Morgan fingerprint density at radius 3 is 3.11 bits per heavy atom. The van der Waals surface area contributed by atoms with Crippen molar-refractivity contribution < 1.29 is 9.53 Å². The molecule has 1 aliphatic heterocycles. The van der Waals surface area contributed by atoms with Gasteiger partial charge in [-0.05, 0) is 19.3 Å². The van der Waals surface area contributed by atoms with Crippen molar-refractivity contribution in [3.05, 3.63) is 16.6 Å². The summed E-state index contributed by atoms with van der Waals surface area (Å²) in [5.41, 5.74) is 5.89. The Bertz CT molecular complexity index is 437. The minimum atomic E-state index is -0.0622. The predicted octanol–water partition coefficient (Wildman–Crippen LogP) is 1.17. The van der Waals surface area contributed by atoms with Gasteiger partial charge >= 0.3 is 0 Å². The van der Waals surface area contributed by atoms with Gasteiger partial charge in [-0.25, -0.2) is 4.98 Å². The molecule has 2 aliphatic rings. The quantitative estimate of drug-likeness (QED) is 0.883. The molecule has 1 aromatic rings. The standard InChI is InChI=1S/C13H19N3O2S/c14-10-2-1-9(7-10)13(17)16-4-5-18-11(8-16)12-15-3-6-19-12/h3,6,9-11H,1-2,4-5,7-8,14H2/t9-,10+,11+/m0/s1. The van der Waals surface area contributed by atoms with E-state index in [9.17, 15) is 4.79 Å². The number of amides is 1. The highest BCUT2D eigenvalue weighted by Gasteiger charge is 2.34. The molecule has 2 fully saturated rings. The van der Waals surface area contributed by atoms with Crippen molar-refractivity contribution in [2.45, 2.75) is 31.4 Å². The minimum Gasteiger partial charge on any atom is -0.367 e. The fourth-order valence-corrected chi connectivity index (χ4v) is 3.57. The van der Waals surface area contributed by atoms with Crippen LogP contribution in [-0.2, 0) is 9.53 Å². The minimum absolute atomic E-state index is 0.0622. The molecule has 2 N–H and O–H groups in total. The predicted molar refractivity (Wildman–Crippen MR) is 72.7 cm³/mol. The van der Waals surface area contributed by atoms with Gasteiger partial charge in [0.1, 0.15) is 11.1 Å². The Hall–Kier alpha value is -0.980. The second kappa shape index (κ2) is 5.56. The average Bonchev–Trinajstić information content (AvgIpc) is 3.09. The molecule has 0 aromatic carbocycles. The van der Waals surface area contributed by atoms with Crippen molar-refractivity contribution in [3.63, 3.8) is 0 Å². The maximum absolute atomic E-state index is 12.5. The summed E-state index contributed by atoms with van der Waals surface area (Å²) in [6, 6.07) is 0.199. The lowest BCUT2D eigenvalue weighted by Gasteiger charge is -2.33. The van der Waals surface area contributed by atoms with Crippen LogP contribution in [0.5, 0.6) is 0 Å². The molecule has 1 saturated heterocycles. The first-order valence-corrected chi connectivity index (χ1v) is 7.67. The van der Waals surface area contributed by atoms with Gasteiger partial charge in [-0.3, -0.25) is 4.79 Å². The smallest absolute Gasteiger partial charge is 0.225 e. The fourth-order valence-electron chi connectivity index (χ4n) is 2.89. The van der Waals surface area contributed by atoms with Crippen molar-refractivity contribution in [1.29, 1.82) is 0 Å². The molecule has 0 spiro atoms. The zero-order valence-corrected chi connectivity index (χ0v) is 11.6. The van der Waals surface area contributed by atoms with E-state index >= 15 is 0 Å². The first-order valence-electron chi connectivity index (χ1n) is 6.79. The number of nitrogens with zero attached hydrogens (tertiary/aromatic N) is 2. The van der Waals surface area contributed by atoms with Gasteiger partial charge in [0, 0.05) is 30.1 Å². The number of carbonyl (C=O) groups is 1. The third-order valence-electron chi connectivity index (χ3n) is 3.93. The highest BCUT2D eigenvalue weighted by molar-refractivity contribution is 7.09. The van der Waals surface area contributed by atoms with Crippen LogP contribution in [0.25, 0.3) is 0 Å². The number of thiazole rings is 1. The van der Waals surface area contributed by atoms with E-state index in [2.05, 4.69) is 4.98 Å². The van der Waals surface area contributed by atoms with Crippen LogP contribution in [-0.4, -0.2) is 41.5 Å². The first-order chi connectivity index (χ1) is 9.24. The maximum Gasteiger partial charge on any atom is 0.225 e. The molecule has 1 saturated carbocycles. The van der Waals surface area contributed by atoms with Crippen LogP contribution in [0.4, 0.5) is 0 Å². The number of hydrogen-bond acceptors (Lipinski definition) is 5. The molecule has 2 heterocycles. The van der Waals surface area contributed by atoms with Gasteiger partial charge in [0.05, 0.1) is 13.2 Å². The van der Waals surface area contributed by atoms with E-state index in [1.807, 2.05) is 10.3 Å². The summed E-state index contributed by atoms with van der Waals surface area (Å²) in [5.74, 6) is 0.364.